The zero-order valence-corrected chi connectivity index (χ0v) is 10.4. The van der Waals surface area contributed by atoms with Gasteiger partial charge in [0.25, 0.3) is 5.91 Å². The first-order valence-corrected chi connectivity index (χ1v) is 5.99. The Balaban J connectivity index is 0.00000128. The van der Waals surface area contributed by atoms with Gasteiger partial charge in [0.05, 0.1) is 6.61 Å². The Labute approximate surface area is 103 Å². The van der Waals surface area contributed by atoms with Gasteiger partial charge in [-0.2, -0.15) is 0 Å². The second-order valence-electron chi connectivity index (χ2n) is 4.30. The molecule has 0 aromatic rings. The molecule has 4 nitrogen and oxygen atoms in total. The normalized spacial score (nSPS) is 26.8. The molecule has 2 fully saturated rings. The molecule has 1 N–H and O–H groups in total. The number of halogens is 1. The summed E-state index contributed by atoms with van der Waals surface area (Å²) in [4.78, 5) is 14.0. The van der Waals surface area contributed by atoms with Crippen molar-refractivity contribution >= 4 is 18.3 Å². The molecule has 2 heterocycles. The standard InChI is InChI=1S/C11H20N2O2.ClH/c14-11(10-9-12-5-8-15-10)13-6-3-1-2-4-7-13;/h10,12H,1-9H2;1H/t10-;/m0./s1. The number of likely N-dealkylation sites (tertiary alicyclic amines) is 1. The molecule has 0 spiro atoms. The van der Waals surface area contributed by atoms with Crippen LogP contribution < -0.4 is 5.32 Å². The van der Waals surface area contributed by atoms with Crippen molar-refractivity contribution in [2.24, 2.45) is 0 Å². The van der Waals surface area contributed by atoms with E-state index in [1.165, 1.54) is 12.8 Å². The summed E-state index contributed by atoms with van der Waals surface area (Å²) in [5.41, 5.74) is 0. The fourth-order valence-corrected chi connectivity index (χ4v) is 2.22. The summed E-state index contributed by atoms with van der Waals surface area (Å²) in [5, 5.41) is 3.20. The minimum Gasteiger partial charge on any atom is -0.366 e. The number of ether oxygens (including phenoxy) is 1. The Morgan fingerprint density at radius 3 is 2.44 bits per heavy atom. The molecule has 0 aromatic carbocycles. The number of carbonyl (C=O) groups excluding carboxylic acids is 1. The maximum Gasteiger partial charge on any atom is 0.253 e. The molecule has 16 heavy (non-hydrogen) atoms. The summed E-state index contributed by atoms with van der Waals surface area (Å²) in [7, 11) is 0. The van der Waals surface area contributed by atoms with Gasteiger partial charge in [0.2, 0.25) is 0 Å². The van der Waals surface area contributed by atoms with Crippen molar-refractivity contribution in [3.05, 3.63) is 0 Å². The zero-order valence-electron chi connectivity index (χ0n) is 9.61. The van der Waals surface area contributed by atoms with Gasteiger partial charge < -0.3 is 15.0 Å². The van der Waals surface area contributed by atoms with Crippen LogP contribution in [-0.2, 0) is 9.53 Å². The van der Waals surface area contributed by atoms with E-state index in [4.69, 9.17) is 4.74 Å². The highest BCUT2D eigenvalue weighted by atomic mass is 35.5. The number of nitrogens with zero attached hydrogens (tertiary/aromatic N) is 1. The third-order valence-electron chi connectivity index (χ3n) is 3.12. The topological polar surface area (TPSA) is 41.6 Å². The van der Waals surface area contributed by atoms with Crippen LogP contribution in [0.3, 0.4) is 0 Å². The molecule has 94 valence electrons. The second kappa shape index (κ2) is 7.09. The number of morpholine rings is 1. The Bertz CT molecular complexity index is 212. The number of rotatable bonds is 1. The van der Waals surface area contributed by atoms with E-state index in [0.717, 1.165) is 32.5 Å². The van der Waals surface area contributed by atoms with Gasteiger partial charge in [-0.3, -0.25) is 4.79 Å². The van der Waals surface area contributed by atoms with Crippen LogP contribution in [0.4, 0.5) is 0 Å². The van der Waals surface area contributed by atoms with E-state index in [9.17, 15) is 4.79 Å². The van der Waals surface area contributed by atoms with Crippen molar-refractivity contribution < 1.29 is 9.53 Å². The third-order valence-corrected chi connectivity index (χ3v) is 3.12. The number of hydrogen-bond acceptors (Lipinski definition) is 3. The van der Waals surface area contributed by atoms with Crippen LogP contribution in [0.25, 0.3) is 0 Å². The van der Waals surface area contributed by atoms with Gasteiger partial charge in [0, 0.05) is 26.2 Å². The van der Waals surface area contributed by atoms with Crippen molar-refractivity contribution in [2.45, 2.75) is 31.8 Å². The quantitative estimate of drug-likeness (QED) is 0.747. The summed E-state index contributed by atoms with van der Waals surface area (Å²) in [5.74, 6) is 0.184. The molecule has 0 unspecified atom stereocenters. The van der Waals surface area contributed by atoms with Crippen molar-refractivity contribution in [2.75, 3.05) is 32.8 Å². The van der Waals surface area contributed by atoms with Crippen LogP contribution in [0, 0.1) is 0 Å². The molecule has 0 aliphatic carbocycles. The van der Waals surface area contributed by atoms with Crippen molar-refractivity contribution in [3.8, 4) is 0 Å². The SMILES string of the molecule is Cl.O=C([C@@H]1CNCCO1)N1CCCCCC1. The molecule has 0 saturated carbocycles. The number of hydrogen-bond donors (Lipinski definition) is 1. The highest BCUT2D eigenvalue weighted by Crippen LogP contribution is 2.12. The molecule has 2 saturated heterocycles. The van der Waals surface area contributed by atoms with E-state index < -0.39 is 0 Å². The number of carbonyl (C=O) groups is 1. The van der Waals surface area contributed by atoms with Gasteiger partial charge in [-0.25, -0.2) is 0 Å². The first kappa shape index (κ1) is 13.7. The highest BCUT2D eigenvalue weighted by molar-refractivity contribution is 5.85. The van der Waals surface area contributed by atoms with Crippen molar-refractivity contribution in [1.29, 1.82) is 0 Å². The molecular weight excluding hydrogens is 228 g/mol. The minimum absolute atomic E-state index is 0. The van der Waals surface area contributed by atoms with Gasteiger partial charge >= 0.3 is 0 Å². The Hall–Kier alpha value is -0.320. The van der Waals surface area contributed by atoms with Crippen LogP contribution in [0.1, 0.15) is 25.7 Å². The largest absolute Gasteiger partial charge is 0.366 e. The maximum absolute atomic E-state index is 12.1. The van der Waals surface area contributed by atoms with Crippen LogP contribution in [0.2, 0.25) is 0 Å². The monoisotopic (exact) mass is 248 g/mol. The van der Waals surface area contributed by atoms with E-state index >= 15 is 0 Å². The summed E-state index contributed by atoms with van der Waals surface area (Å²) in [6.07, 6.45) is 4.57. The smallest absolute Gasteiger partial charge is 0.253 e. The maximum atomic E-state index is 12.1. The lowest BCUT2D eigenvalue weighted by Crippen LogP contribution is -2.49. The molecule has 2 aliphatic heterocycles. The molecule has 2 aliphatic rings. The molecule has 1 atom stereocenters. The zero-order chi connectivity index (χ0) is 10.5. The number of nitrogens with one attached hydrogen (secondary N) is 1. The van der Waals surface area contributed by atoms with Crippen molar-refractivity contribution in [3.63, 3.8) is 0 Å². The summed E-state index contributed by atoms with van der Waals surface area (Å²) < 4.78 is 5.48. The lowest BCUT2D eigenvalue weighted by molar-refractivity contribution is -0.145. The Morgan fingerprint density at radius 1 is 1.19 bits per heavy atom. The lowest BCUT2D eigenvalue weighted by atomic mass is 10.2. The molecule has 5 heteroatoms. The van der Waals surface area contributed by atoms with E-state index in [1.807, 2.05) is 4.90 Å². The highest BCUT2D eigenvalue weighted by Gasteiger charge is 2.26. The molecular formula is C11H21ClN2O2. The van der Waals surface area contributed by atoms with Gasteiger partial charge in [-0.15, -0.1) is 12.4 Å². The van der Waals surface area contributed by atoms with Gasteiger partial charge in [-0.05, 0) is 12.8 Å². The summed E-state index contributed by atoms with van der Waals surface area (Å²) in [6.45, 7) is 4.03. The first-order chi connectivity index (χ1) is 7.38. The van der Waals surface area contributed by atoms with Crippen LogP contribution in [0.5, 0.6) is 0 Å². The predicted octanol–water partition coefficient (Wildman–Crippen LogP) is 0.799. The predicted molar refractivity (Wildman–Crippen MR) is 64.9 cm³/mol. The van der Waals surface area contributed by atoms with E-state index in [-0.39, 0.29) is 24.4 Å². The van der Waals surface area contributed by atoms with E-state index in [1.54, 1.807) is 0 Å². The first-order valence-electron chi connectivity index (χ1n) is 5.99. The Kier molecular flexibility index (Phi) is 6.09. The van der Waals surface area contributed by atoms with E-state index in [2.05, 4.69) is 5.32 Å². The molecule has 2 rings (SSSR count). The van der Waals surface area contributed by atoms with Crippen LogP contribution in [0.15, 0.2) is 0 Å². The second-order valence-corrected chi connectivity index (χ2v) is 4.30. The van der Waals surface area contributed by atoms with Gasteiger partial charge in [0.15, 0.2) is 0 Å². The van der Waals surface area contributed by atoms with Crippen molar-refractivity contribution in [1.82, 2.24) is 10.2 Å². The third kappa shape index (κ3) is 3.61. The van der Waals surface area contributed by atoms with E-state index in [0.29, 0.717) is 13.2 Å². The van der Waals surface area contributed by atoms with Crippen LogP contribution >= 0.6 is 12.4 Å². The molecule has 0 radical (unpaired) electrons. The summed E-state index contributed by atoms with van der Waals surface area (Å²) >= 11 is 0. The van der Waals surface area contributed by atoms with Gasteiger partial charge in [-0.1, -0.05) is 12.8 Å². The molecule has 0 aromatic heterocycles. The fraction of sp³-hybridized carbons (Fsp3) is 0.909. The average Bonchev–Trinajstić information content (AvgIpc) is 2.58. The number of amides is 1. The Morgan fingerprint density at radius 2 is 1.88 bits per heavy atom. The molecule has 1 amide bonds. The summed E-state index contributed by atoms with van der Waals surface area (Å²) in [6, 6.07) is 0. The molecule has 0 bridgehead atoms. The average molecular weight is 249 g/mol. The fourth-order valence-electron chi connectivity index (χ4n) is 2.22. The minimum atomic E-state index is -0.239. The van der Waals surface area contributed by atoms with Gasteiger partial charge in [0.1, 0.15) is 6.10 Å². The lowest BCUT2D eigenvalue weighted by Gasteiger charge is -2.28. The van der Waals surface area contributed by atoms with Crippen LogP contribution in [-0.4, -0.2) is 49.7 Å².